The van der Waals surface area contributed by atoms with Crippen molar-refractivity contribution < 1.29 is 38.0 Å². The lowest BCUT2D eigenvalue weighted by Gasteiger charge is -2.44. The molecule has 1 saturated heterocycles. The Labute approximate surface area is 185 Å². The fourth-order valence-electron chi connectivity index (χ4n) is 3.77. The highest BCUT2D eigenvalue weighted by atomic mass is 19.1. The summed E-state index contributed by atoms with van der Waals surface area (Å²) in [6.45, 7) is 1.79. The molecule has 16 nitrogen and oxygen atoms in total. The molecule has 0 spiro atoms. The summed E-state index contributed by atoms with van der Waals surface area (Å²) in [6.07, 6.45) is -10.5. The molecule has 1 heterocycles. The van der Waals surface area contributed by atoms with Gasteiger partial charge in [-0.2, -0.15) is 0 Å². The van der Waals surface area contributed by atoms with Crippen LogP contribution in [0.3, 0.4) is 0 Å². The van der Waals surface area contributed by atoms with E-state index in [0.29, 0.717) is 0 Å². The Morgan fingerprint density at radius 1 is 1.00 bits per heavy atom. The van der Waals surface area contributed by atoms with Crippen molar-refractivity contribution in [1.29, 1.82) is 0 Å². The highest BCUT2D eigenvalue weighted by Crippen LogP contribution is 2.34. The van der Waals surface area contributed by atoms with Crippen LogP contribution in [0.15, 0.2) is 15.3 Å². The van der Waals surface area contributed by atoms with Crippen LogP contribution in [0.1, 0.15) is 26.7 Å². The number of azide groups is 3. The van der Waals surface area contributed by atoms with Crippen LogP contribution in [0.5, 0.6) is 0 Å². The van der Waals surface area contributed by atoms with Crippen LogP contribution >= 0.6 is 0 Å². The summed E-state index contributed by atoms with van der Waals surface area (Å²) in [7, 11) is 0. The van der Waals surface area contributed by atoms with Gasteiger partial charge in [0.05, 0.1) is 24.7 Å². The van der Waals surface area contributed by atoms with Gasteiger partial charge >= 0.3 is 11.9 Å². The van der Waals surface area contributed by atoms with Gasteiger partial charge in [0.15, 0.2) is 12.4 Å². The number of aliphatic hydroxyl groups is 1. The fourth-order valence-corrected chi connectivity index (χ4v) is 3.77. The summed E-state index contributed by atoms with van der Waals surface area (Å²) in [5.41, 5.74) is 26.3. The van der Waals surface area contributed by atoms with Crippen LogP contribution < -0.4 is 0 Å². The van der Waals surface area contributed by atoms with Crippen molar-refractivity contribution in [3.63, 3.8) is 0 Å². The Hall–Kier alpha value is -3.32. The summed E-state index contributed by atoms with van der Waals surface area (Å²) < 4.78 is 36.1. The molecule has 9 atom stereocenters. The van der Waals surface area contributed by atoms with Crippen LogP contribution in [0.25, 0.3) is 31.3 Å². The van der Waals surface area contributed by atoms with Gasteiger partial charge in [-0.3, -0.25) is 9.59 Å². The lowest BCUT2D eigenvalue weighted by atomic mass is 9.84. The molecule has 2 aliphatic rings. The maximum Gasteiger partial charge on any atom is 0.303 e. The number of hydrogen-bond donors (Lipinski definition) is 1. The lowest BCUT2D eigenvalue weighted by Crippen LogP contribution is -2.59. The van der Waals surface area contributed by atoms with E-state index in [1.807, 2.05) is 0 Å². The Bertz CT molecular complexity index is 874. The first-order chi connectivity index (χ1) is 15.7. The summed E-state index contributed by atoms with van der Waals surface area (Å²) in [6, 6.07) is -2.15. The van der Waals surface area contributed by atoms with Crippen molar-refractivity contribution in [2.45, 2.75) is 81.8 Å². The average molecular weight is 471 g/mol. The van der Waals surface area contributed by atoms with E-state index in [1.54, 1.807) is 0 Å². The molecule has 2 unspecified atom stereocenters. The topological polar surface area (TPSA) is 238 Å². The third kappa shape index (κ3) is 6.83. The second-order valence-corrected chi connectivity index (χ2v) is 7.29. The van der Waals surface area contributed by atoms with Gasteiger partial charge < -0.3 is 24.1 Å². The second kappa shape index (κ2) is 12.1. The first-order valence-electron chi connectivity index (χ1n) is 9.78. The minimum atomic E-state index is -1.77. The zero-order valence-corrected chi connectivity index (χ0v) is 17.6. The number of rotatable bonds is 8. The monoisotopic (exact) mass is 471 g/mol. The van der Waals surface area contributed by atoms with E-state index in [2.05, 4.69) is 30.1 Å². The highest BCUT2D eigenvalue weighted by molar-refractivity contribution is 5.66. The molecule has 1 aliphatic carbocycles. The van der Waals surface area contributed by atoms with Gasteiger partial charge in [-0.15, -0.1) is 0 Å². The van der Waals surface area contributed by atoms with Crippen LogP contribution in [-0.4, -0.2) is 78.7 Å². The minimum Gasteiger partial charge on any atom is -0.459 e. The summed E-state index contributed by atoms with van der Waals surface area (Å²) in [5.74, 6) is -1.54. The third-order valence-corrected chi connectivity index (χ3v) is 5.02. The van der Waals surface area contributed by atoms with Crippen molar-refractivity contribution in [2.75, 3.05) is 6.54 Å². The quantitative estimate of drug-likeness (QED) is 0.239. The van der Waals surface area contributed by atoms with Crippen molar-refractivity contribution in [3.8, 4) is 0 Å². The maximum absolute atomic E-state index is 14.8. The van der Waals surface area contributed by atoms with E-state index in [4.69, 9.17) is 35.5 Å². The summed E-state index contributed by atoms with van der Waals surface area (Å²) in [5, 5.41) is 21.2. The van der Waals surface area contributed by atoms with Crippen LogP contribution in [-0.2, 0) is 28.5 Å². The van der Waals surface area contributed by atoms with Crippen molar-refractivity contribution in [2.24, 2.45) is 15.3 Å². The zero-order chi connectivity index (χ0) is 24.5. The Morgan fingerprint density at radius 3 is 2.12 bits per heavy atom. The van der Waals surface area contributed by atoms with E-state index in [-0.39, 0.29) is 13.0 Å². The largest absolute Gasteiger partial charge is 0.459 e. The number of nitrogens with zero attached hydrogens (tertiary/aromatic N) is 9. The molecule has 17 heteroatoms. The van der Waals surface area contributed by atoms with Gasteiger partial charge in [-0.25, -0.2) is 4.39 Å². The zero-order valence-electron chi connectivity index (χ0n) is 17.6. The molecule has 2 rings (SSSR count). The molecule has 0 bridgehead atoms. The van der Waals surface area contributed by atoms with Crippen LogP contribution in [0.2, 0.25) is 0 Å². The number of hydrogen-bond acceptors (Lipinski definition) is 10. The maximum atomic E-state index is 14.8. The average Bonchev–Trinajstić information content (AvgIpc) is 2.74. The van der Waals surface area contributed by atoms with E-state index in [1.165, 1.54) is 0 Å². The SMILES string of the molecule is CC(=O)O[C@H]1[C@@H](F)C[C@@H](O[C@@H]2C(N=[N+]=[N-])CC(N=[N+]=[N-])[C@H](OC(C)=O)[C@H]2O)O[C@@H]1CN=[N+]=[N-]. The molecular formula is C16H22FN9O7. The lowest BCUT2D eigenvalue weighted by molar-refractivity contribution is -0.276. The molecule has 33 heavy (non-hydrogen) atoms. The first kappa shape index (κ1) is 25.9. The molecule has 1 saturated carbocycles. The Kier molecular flexibility index (Phi) is 9.48. The molecule has 2 fully saturated rings. The summed E-state index contributed by atoms with van der Waals surface area (Å²) >= 11 is 0. The van der Waals surface area contributed by atoms with Gasteiger partial charge in [-0.05, 0) is 23.0 Å². The molecule has 0 aromatic heterocycles. The number of ether oxygens (including phenoxy) is 4. The molecule has 1 aliphatic heterocycles. The first-order valence-corrected chi connectivity index (χ1v) is 9.78. The van der Waals surface area contributed by atoms with Gasteiger partial charge in [-0.1, -0.05) is 15.3 Å². The molecule has 0 aromatic carbocycles. The van der Waals surface area contributed by atoms with E-state index >= 15 is 0 Å². The standard InChI is InChI=1S/C16H22FN9O7/c1-6(27)30-14-8(17)3-12(32-11(14)5-21-24-18)33-16-10(23-26-20)4-9(22-25-19)15(13(16)29)31-7(2)28/h8-16,29H,3-5H2,1-2H3/t8-,9?,10?,11+,12+,13+,14-,15-,16+/m0/s1. The molecule has 0 amide bonds. The van der Waals surface area contributed by atoms with Crippen LogP contribution in [0.4, 0.5) is 4.39 Å². The van der Waals surface area contributed by atoms with Crippen molar-refractivity contribution >= 4 is 11.9 Å². The van der Waals surface area contributed by atoms with E-state index in [0.717, 1.165) is 13.8 Å². The summed E-state index contributed by atoms with van der Waals surface area (Å²) in [4.78, 5) is 30.7. The molecule has 0 radical (unpaired) electrons. The number of aliphatic hydroxyl groups excluding tert-OH is 1. The molecule has 0 aromatic rings. The number of carbonyl (C=O) groups is 2. The molecular weight excluding hydrogens is 449 g/mol. The number of alkyl halides is 1. The number of carbonyl (C=O) groups excluding carboxylic acids is 2. The van der Waals surface area contributed by atoms with Gasteiger partial charge in [0.2, 0.25) is 0 Å². The second-order valence-electron chi connectivity index (χ2n) is 7.29. The Balaban J connectivity index is 2.27. The highest BCUT2D eigenvalue weighted by Gasteiger charge is 2.49. The van der Waals surface area contributed by atoms with E-state index in [9.17, 15) is 19.1 Å². The predicted octanol–water partition coefficient (Wildman–Crippen LogP) is 2.12. The van der Waals surface area contributed by atoms with Crippen molar-refractivity contribution in [3.05, 3.63) is 31.3 Å². The predicted molar refractivity (Wildman–Crippen MR) is 105 cm³/mol. The van der Waals surface area contributed by atoms with Gasteiger partial charge in [0, 0.05) is 35.0 Å². The number of halogens is 1. The van der Waals surface area contributed by atoms with Crippen molar-refractivity contribution in [1.82, 2.24) is 0 Å². The fraction of sp³-hybridized carbons (Fsp3) is 0.875. The van der Waals surface area contributed by atoms with Gasteiger partial charge in [0.25, 0.3) is 0 Å². The third-order valence-electron chi connectivity index (χ3n) is 5.02. The van der Waals surface area contributed by atoms with Crippen LogP contribution in [0, 0.1) is 0 Å². The smallest absolute Gasteiger partial charge is 0.303 e. The number of esters is 2. The minimum absolute atomic E-state index is 0.141. The molecule has 1 N–H and O–H groups in total. The Morgan fingerprint density at radius 2 is 1.58 bits per heavy atom. The normalized spacial score (nSPS) is 35.7. The van der Waals surface area contributed by atoms with Gasteiger partial charge in [0.1, 0.15) is 24.5 Å². The van der Waals surface area contributed by atoms with E-state index < -0.39 is 73.4 Å². The molecule has 180 valence electrons.